The van der Waals surface area contributed by atoms with E-state index in [1.165, 1.54) is 6.08 Å². The van der Waals surface area contributed by atoms with Crippen LogP contribution in [0.25, 0.3) is 6.08 Å². The van der Waals surface area contributed by atoms with Gasteiger partial charge in [-0.1, -0.05) is 13.0 Å². The number of hydrogen-bond acceptors (Lipinski definition) is 5. The number of carbonyl (C=O) groups is 1. The van der Waals surface area contributed by atoms with Gasteiger partial charge in [0, 0.05) is 6.08 Å². The number of nitrogens with zero attached hydrogens (tertiary/aromatic N) is 1. The number of ether oxygens (including phenoxy) is 2. The van der Waals surface area contributed by atoms with Crippen molar-refractivity contribution in [2.75, 3.05) is 13.7 Å². The molecule has 0 bridgehead atoms. The predicted octanol–water partition coefficient (Wildman–Crippen LogP) is 4.91. The van der Waals surface area contributed by atoms with Gasteiger partial charge in [0.15, 0.2) is 11.5 Å². The third-order valence-corrected chi connectivity index (χ3v) is 4.23. The van der Waals surface area contributed by atoms with Crippen LogP contribution in [0.5, 0.6) is 11.5 Å². The van der Waals surface area contributed by atoms with Crippen molar-refractivity contribution in [2.24, 2.45) is 0 Å². The normalized spacial score (nSPS) is 11.0. The van der Waals surface area contributed by atoms with E-state index in [0.717, 1.165) is 12.0 Å². The summed E-state index contributed by atoms with van der Waals surface area (Å²) in [6, 6.07) is 12.9. The van der Waals surface area contributed by atoms with Crippen molar-refractivity contribution in [1.82, 2.24) is 4.90 Å². The number of hydrogen-bond donors (Lipinski definition) is 0. The van der Waals surface area contributed by atoms with Crippen molar-refractivity contribution in [2.45, 2.75) is 26.4 Å². The van der Waals surface area contributed by atoms with Crippen LogP contribution in [0.1, 0.15) is 30.4 Å². The Kier molecular flexibility index (Phi) is 7.16. The largest absolute Gasteiger partial charge is 0.493 e. The smallest absolute Gasteiger partial charge is 0.247 e. The van der Waals surface area contributed by atoms with E-state index in [0.29, 0.717) is 42.7 Å². The average Bonchev–Trinajstić information content (AvgIpc) is 3.44. The van der Waals surface area contributed by atoms with E-state index in [1.54, 1.807) is 42.7 Å². The maximum Gasteiger partial charge on any atom is 0.247 e. The molecule has 0 aliphatic rings. The molecule has 0 radical (unpaired) electrons. The van der Waals surface area contributed by atoms with Crippen LogP contribution in [0.2, 0.25) is 0 Å². The summed E-state index contributed by atoms with van der Waals surface area (Å²) in [6.07, 6.45) is 7.39. The van der Waals surface area contributed by atoms with Crippen LogP contribution < -0.4 is 9.47 Å². The van der Waals surface area contributed by atoms with Gasteiger partial charge in [-0.25, -0.2) is 0 Å². The monoisotopic (exact) mass is 395 g/mol. The van der Waals surface area contributed by atoms with Crippen LogP contribution in [0.4, 0.5) is 0 Å². The fourth-order valence-corrected chi connectivity index (χ4v) is 2.79. The van der Waals surface area contributed by atoms with Crippen LogP contribution in [-0.4, -0.2) is 24.5 Å². The highest BCUT2D eigenvalue weighted by atomic mass is 16.5. The molecule has 2 heterocycles. The van der Waals surface area contributed by atoms with Gasteiger partial charge in [0.1, 0.15) is 11.5 Å². The number of amides is 1. The minimum Gasteiger partial charge on any atom is -0.493 e. The lowest BCUT2D eigenvalue weighted by Gasteiger charge is -2.18. The molecule has 0 saturated carbocycles. The molecule has 6 heteroatoms. The summed E-state index contributed by atoms with van der Waals surface area (Å²) in [7, 11) is 1.60. The summed E-state index contributed by atoms with van der Waals surface area (Å²) in [5.74, 6) is 2.59. The summed E-state index contributed by atoms with van der Waals surface area (Å²) in [4.78, 5) is 14.5. The molecule has 0 N–H and O–H groups in total. The Morgan fingerprint density at radius 3 is 2.28 bits per heavy atom. The van der Waals surface area contributed by atoms with Crippen LogP contribution in [0, 0.1) is 0 Å². The minimum atomic E-state index is -0.150. The van der Waals surface area contributed by atoms with Crippen LogP contribution in [-0.2, 0) is 17.9 Å². The molecule has 3 aromatic rings. The molecule has 0 aliphatic carbocycles. The Bertz CT molecular complexity index is 877. The lowest BCUT2D eigenvalue weighted by Crippen LogP contribution is -2.28. The van der Waals surface area contributed by atoms with Crippen LogP contribution in [0.15, 0.2) is 69.9 Å². The Morgan fingerprint density at radius 1 is 1.03 bits per heavy atom. The summed E-state index contributed by atoms with van der Waals surface area (Å²) in [5.41, 5.74) is 0.843. The van der Waals surface area contributed by atoms with Gasteiger partial charge in [-0.3, -0.25) is 4.79 Å². The third-order valence-electron chi connectivity index (χ3n) is 4.23. The highest BCUT2D eigenvalue weighted by Gasteiger charge is 2.15. The second-order valence-electron chi connectivity index (χ2n) is 6.45. The van der Waals surface area contributed by atoms with Crippen molar-refractivity contribution >= 4 is 12.0 Å². The minimum absolute atomic E-state index is 0.150. The predicted molar refractivity (Wildman–Crippen MR) is 109 cm³/mol. The highest BCUT2D eigenvalue weighted by Crippen LogP contribution is 2.28. The first-order valence-corrected chi connectivity index (χ1v) is 9.52. The molecule has 1 aromatic carbocycles. The molecule has 0 spiro atoms. The molecule has 0 fully saturated rings. The standard InChI is InChI=1S/C23H25NO5/c1-3-12-29-21-10-8-18(15-22(21)26-2)9-11-23(25)24(16-19-6-4-13-27-19)17-20-7-5-14-28-20/h4-11,13-15H,3,12,16-17H2,1-2H3/b11-9+. The molecule has 0 atom stereocenters. The maximum atomic E-state index is 12.8. The second kappa shape index (κ2) is 10.2. The number of rotatable bonds is 10. The Labute approximate surface area is 170 Å². The van der Waals surface area contributed by atoms with E-state index in [4.69, 9.17) is 18.3 Å². The second-order valence-corrected chi connectivity index (χ2v) is 6.45. The zero-order valence-electron chi connectivity index (χ0n) is 16.7. The van der Waals surface area contributed by atoms with Gasteiger partial charge in [0.05, 0.1) is 39.3 Å². The molecular weight excluding hydrogens is 370 g/mol. The molecule has 0 aliphatic heterocycles. The number of benzene rings is 1. The van der Waals surface area contributed by atoms with Crippen LogP contribution in [0.3, 0.4) is 0 Å². The van der Waals surface area contributed by atoms with E-state index in [2.05, 4.69) is 0 Å². The Morgan fingerprint density at radius 2 is 1.72 bits per heavy atom. The molecule has 29 heavy (non-hydrogen) atoms. The average molecular weight is 395 g/mol. The SMILES string of the molecule is CCCOc1ccc(/C=C/C(=O)N(Cc2ccco2)Cc2ccco2)cc1OC. The number of furan rings is 2. The van der Waals surface area contributed by atoms with E-state index in [1.807, 2.05) is 37.3 Å². The summed E-state index contributed by atoms with van der Waals surface area (Å²) < 4.78 is 21.9. The topological polar surface area (TPSA) is 65.0 Å². The molecule has 152 valence electrons. The van der Waals surface area contributed by atoms with E-state index in [9.17, 15) is 4.79 Å². The van der Waals surface area contributed by atoms with Gasteiger partial charge in [-0.05, 0) is 54.5 Å². The van der Waals surface area contributed by atoms with Gasteiger partial charge in [0.2, 0.25) is 5.91 Å². The van der Waals surface area contributed by atoms with E-state index in [-0.39, 0.29) is 5.91 Å². The van der Waals surface area contributed by atoms with Gasteiger partial charge < -0.3 is 23.2 Å². The number of methoxy groups -OCH3 is 1. The fraction of sp³-hybridized carbons (Fsp3) is 0.261. The summed E-state index contributed by atoms with van der Waals surface area (Å²) in [6.45, 7) is 3.37. The molecule has 6 nitrogen and oxygen atoms in total. The van der Waals surface area contributed by atoms with Gasteiger partial charge in [-0.2, -0.15) is 0 Å². The van der Waals surface area contributed by atoms with Crippen molar-refractivity contribution in [1.29, 1.82) is 0 Å². The van der Waals surface area contributed by atoms with Crippen LogP contribution >= 0.6 is 0 Å². The highest BCUT2D eigenvalue weighted by molar-refractivity contribution is 5.91. The third kappa shape index (κ3) is 5.78. The molecular formula is C23H25NO5. The molecule has 2 aromatic heterocycles. The number of carbonyl (C=O) groups excluding carboxylic acids is 1. The van der Waals surface area contributed by atoms with Crippen molar-refractivity contribution in [3.05, 3.63) is 78.2 Å². The summed E-state index contributed by atoms with van der Waals surface area (Å²) in [5, 5.41) is 0. The van der Waals surface area contributed by atoms with E-state index < -0.39 is 0 Å². The molecule has 0 saturated heterocycles. The van der Waals surface area contributed by atoms with Gasteiger partial charge in [-0.15, -0.1) is 0 Å². The quantitative estimate of drug-likeness (QED) is 0.456. The van der Waals surface area contributed by atoms with Gasteiger partial charge >= 0.3 is 0 Å². The maximum absolute atomic E-state index is 12.8. The van der Waals surface area contributed by atoms with Crippen molar-refractivity contribution in [3.8, 4) is 11.5 Å². The molecule has 3 rings (SSSR count). The van der Waals surface area contributed by atoms with Crippen molar-refractivity contribution in [3.63, 3.8) is 0 Å². The zero-order chi connectivity index (χ0) is 20.5. The fourth-order valence-electron chi connectivity index (χ4n) is 2.79. The first-order valence-electron chi connectivity index (χ1n) is 9.52. The van der Waals surface area contributed by atoms with Gasteiger partial charge in [0.25, 0.3) is 0 Å². The first-order chi connectivity index (χ1) is 14.2. The summed E-state index contributed by atoms with van der Waals surface area (Å²) >= 11 is 0. The lowest BCUT2D eigenvalue weighted by atomic mass is 10.2. The van der Waals surface area contributed by atoms with E-state index >= 15 is 0 Å². The zero-order valence-corrected chi connectivity index (χ0v) is 16.7. The lowest BCUT2D eigenvalue weighted by molar-refractivity contribution is -0.127. The first kappa shape index (κ1) is 20.3. The van der Waals surface area contributed by atoms with Crippen molar-refractivity contribution < 1.29 is 23.1 Å². The Balaban J connectivity index is 1.73. The molecule has 0 unspecified atom stereocenters. The molecule has 1 amide bonds. The Hall–Kier alpha value is -3.41.